The molecule has 0 N–H and O–H groups in total. The van der Waals surface area contributed by atoms with Crippen molar-refractivity contribution in [1.82, 2.24) is 4.90 Å². The van der Waals surface area contributed by atoms with Gasteiger partial charge in [-0.25, -0.2) is 4.79 Å². The molecule has 0 aromatic carbocycles. The molecule has 16 heavy (non-hydrogen) atoms. The molecule has 3 rings (SSSR count). The molecule has 0 spiro atoms. The molecule has 86 valence electrons. The highest BCUT2D eigenvalue weighted by atomic mass is 16.5. The standard InChI is InChI=1S/C12H16N2O2/c1-2-16-12(15)10(7-13)11-8-14-5-3-9(11)4-6-14/h9H,2-6,8H2,1H3/b11-10-. The van der Waals surface area contributed by atoms with Crippen LogP contribution in [0.1, 0.15) is 19.8 Å². The molecular formula is C12H16N2O2. The summed E-state index contributed by atoms with van der Waals surface area (Å²) in [6.07, 6.45) is 2.14. The van der Waals surface area contributed by atoms with Gasteiger partial charge in [-0.1, -0.05) is 0 Å². The minimum absolute atomic E-state index is 0.247. The minimum Gasteiger partial charge on any atom is -0.462 e. The van der Waals surface area contributed by atoms with E-state index in [1.165, 1.54) is 0 Å². The number of hydrogen-bond acceptors (Lipinski definition) is 4. The van der Waals surface area contributed by atoms with Crippen molar-refractivity contribution in [3.05, 3.63) is 11.1 Å². The van der Waals surface area contributed by atoms with Crippen LogP contribution in [0.3, 0.4) is 0 Å². The first-order chi connectivity index (χ1) is 7.76. The Morgan fingerprint density at radius 2 is 2.25 bits per heavy atom. The van der Waals surface area contributed by atoms with Gasteiger partial charge in [0.1, 0.15) is 11.6 Å². The molecule has 3 heterocycles. The number of esters is 1. The van der Waals surface area contributed by atoms with Crippen LogP contribution in [0.5, 0.6) is 0 Å². The average molecular weight is 220 g/mol. The highest BCUT2D eigenvalue weighted by Crippen LogP contribution is 2.33. The number of ether oxygens (including phenoxy) is 1. The fourth-order valence-electron chi connectivity index (χ4n) is 2.54. The van der Waals surface area contributed by atoms with E-state index >= 15 is 0 Å². The molecule has 3 saturated heterocycles. The Morgan fingerprint density at radius 3 is 2.69 bits per heavy atom. The van der Waals surface area contributed by atoms with E-state index in [2.05, 4.69) is 4.90 Å². The van der Waals surface area contributed by atoms with Crippen LogP contribution in [0.25, 0.3) is 0 Å². The number of nitrogens with zero attached hydrogens (tertiary/aromatic N) is 2. The number of rotatable bonds is 2. The molecule has 0 saturated carbocycles. The predicted molar refractivity (Wildman–Crippen MR) is 58.4 cm³/mol. The highest BCUT2D eigenvalue weighted by Gasteiger charge is 2.33. The zero-order valence-electron chi connectivity index (χ0n) is 9.53. The van der Waals surface area contributed by atoms with Crippen LogP contribution in [0.2, 0.25) is 0 Å². The topological polar surface area (TPSA) is 53.3 Å². The molecule has 4 heteroatoms. The van der Waals surface area contributed by atoms with Gasteiger partial charge in [0.15, 0.2) is 0 Å². The average Bonchev–Trinajstić information content (AvgIpc) is 2.32. The van der Waals surface area contributed by atoms with E-state index in [0.717, 1.165) is 38.0 Å². The van der Waals surface area contributed by atoms with Gasteiger partial charge in [0, 0.05) is 6.54 Å². The summed E-state index contributed by atoms with van der Waals surface area (Å²) in [5.41, 5.74) is 1.25. The van der Waals surface area contributed by atoms with Crippen molar-refractivity contribution in [1.29, 1.82) is 5.26 Å². The molecule has 0 aromatic heterocycles. The summed E-state index contributed by atoms with van der Waals surface area (Å²) in [6.45, 7) is 5.04. The van der Waals surface area contributed by atoms with Crippen molar-refractivity contribution in [2.24, 2.45) is 5.92 Å². The summed E-state index contributed by atoms with van der Waals surface area (Å²) < 4.78 is 4.92. The van der Waals surface area contributed by atoms with Crippen LogP contribution < -0.4 is 0 Å². The van der Waals surface area contributed by atoms with Gasteiger partial charge in [0.05, 0.1) is 6.61 Å². The molecule has 3 aliphatic heterocycles. The molecule has 4 nitrogen and oxygen atoms in total. The smallest absolute Gasteiger partial charge is 0.348 e. The normalized spacial score (nSPS) is 30.8. The van der Waals surface area contributed by atoms with Crippen molar-refractivity contribution < 1.29 is 9.53 Å². The van der Waals surface area contributed by atoms with Gasteiger partial charge in [-0.15, -0.1) is 0 Å². The Bertz CT molecular complexity index is 360. The van der Waals surface area contributed by atoms with E-state index in [1.54, 1.807) is 6.92 Å². The summed E-state index contributed by atoms with van der Waals surface area (Å²) >= 11 is 0. The second kappa shape index (κ2) is 4.67. The first-order valence-corrected chi connectivity index (χ1v) is 5.79. The summed E-state index contributed by atoms with van der Waals surface area (Å²) in [6, 6.07) is 2.02. The maximum absolute atomic E-state index is 11.6. The Hall–Kier alpha value is -1.34. The van der Waals surface area contributed by atoms with Crippen molar-refractivity contribution in [2.45, 2.75) is 19.8 Å². The lowest BCUT2D eigenvalue weighted by Gasteiger charge is -2.41. The van der Waals surface area contributed by atoms with E-state index < -0.39 is 5.97 Å². The maximum atomic E-state index is 11.6. The van der Waals surface area contributed by atoms with E-state index in [9.17, 15) is 4.79 Å². The third kappa shape index (κ3) is 1.96. The molecule has 0 amide bonds. The Morgan fingerprint density at radius 1 is 1.56 bits per heavy atom. The zero-order chi connectivity index (χ0) is 11.5. The number of piperidine rings is 3. The molecule has 0 aromatic rings. The molecule has 2 bridgehead atoms. The van der Waals surface area contributed by atoms with Crippen LogP contribution in [0.15, 0.2) is 11.1 Å². The third-order valence-electron chi connectivity index (χ3n) is 3.39. The number of carbonyl (C=O) groups excluding carboxylic acids is 1. The lowest BCUT2D eigenvalue weighted by molar-refractivity contribution is -0.138. The number of carbonyl (C=O) groups is 1. The minimum atomic E-state index is -0.450. The second-order valence-electron chi connectivity index (χ2n) is 4.28. The van der Waals surface area contributed by atoms with E-state index in [4.69, 9.17) is 10.00 Å². The summed E-state index contributed by atoms with van der Waals surface area (Å²) in [4.78, 5) is 13.9. The Balaban J connectivity index is 2.24. The van der Waals surface area contributed by atoms with Gasteiger partial charge < -0.3 is 4.74 Å². The zero-order valence-corrected chi connectivity index (χ0v) is 9.53. The van der Waals surface area contributed by atoms with Crippen LogP contribution >= 0.6 is 0 Å². The maximum Gasteiger partial charge on any atom is 0.348 e. The number of fused-ring (bicyclic) bond motifs is 3. The van der Waals surface area contributed by atoms with E-state index in [1.807, 2.05) is 6.07 Å². The van der Waals surface area contributed by atoms with Gasteiger partial charge in [-0.3, -0.25) is 4.90 Å². The highest BCUT2D eigenvalue weighted by molar-refractivity contribution is 5.93. The summed E-state index contributed by atoms with van der Waals surface area (Å²) in [5, 5.41) is 9.08. The van der Waals surface area contributed by atoms with Gasteiger partial charge in [-0.2, -0.15) is 5.26 Å². The number of hydrogen-bond donors (Lipinski definition) is 0. The molecular weight excluding hydrogens is 204 g/mol. The monoisotopic (exact) mass is 220 g/mol. The van der Waals surface area contributed by atoms with Crippen LogP contribution in [0.4, 0.5) is 0 Å². The van der Waals surface area contributed by atoms with Crippen LogP contribution in [0, 0.1) is 17.2 Å². The van der Waals surface area contributed by atoms with Crippen molar-refractivity contribution in [3.63, 3.8) is 0 Å². The van der Waals surface area contributed by atoms with Crippen molar-refractivity contribution in [2.75, 3.05) is 26.2 Å². The van der Waals surface area contributed by atoms with Crippen molar-refractivity contribution in [3.8, 4) is 6.07 Å². The molecule has 0 unspecified atom stereocenters. The van der Waals surface area contributed by atoms with Crippen LogP contribution in [-0.4, -0.2) is 37.1 Å². The summed E-state index contributed by atoms with van der Waals surface area (Å²) in [7, 11) is 0. The first kappa shape index (κ1) is 11.2. The van der Waals surface area contributed by atoms with E-state index in [-0.39, 0.29) is 5.57 Å². The molecule has 0 atom stereocenters. The fourth-order valence-corrected chi connectivity index (χ4v) is 2.54. The lowest BCUT2D eigenvalue weighted by atomic mass is 9.81. The largest absolute Gasteiger partial charge is 0.462 e. The fraction of sp³-hybridized carbons (Fsp3) is 0.667. The quantitative estimate of drug-likeness (QED) is 0.397. The van der Waals surface area contributed by atoms with E-state index in [0.29, 0.717) is 12.5 Å². The molecule has 0 aliphatic carbocycles. The van der Waals surface area contributed by atoms with Crippen molar-refractivity contribution >= 4 is 5.97 Å². The SMILES string of the molecule is CCOC(=O)/C(C#N)=C1/CN2CCC1CC2. The van der Waals surface area contributed by atoms with Gasteiger partial charge in [-0.05, 0) is 44.3 Å². The Labute approximate surface area is 95.5 Å². The van der Waals surface area contributed by atoms with Gasteiger partial charge in [0.25, 0.3) is 0 Å². The third-order valence-corrected chi connectivity index (χ3v) is 3.39. The molecule has 3 fully saturated rings. The van der Waals surface area contributed by atoms with Gasteiger partial charge in [0.2, 0.25) is 0 Å². The summed E-state index contributed by atoms with van der Waals surface area (Å²) in [5.74, 6) is -0.0298. The Kier molecular flexibility index (Phi) is 3.25. The first-order valence-electron chi connectivity index (χ1n) is 5.79. The lowest BCUT2D eigenvalue weighted by Crippen LogP contribution is -2.44. The molecule has 3 aliphatic rings. The second-order valence-corrected chi connectivity index (χ2v) is 4.28. The van der Waals surface area contributed by atoms with Crippen LogP contribution in [-0.2, 0) is 9.53 Å². The predicted octanol–water partition coefficient (Wildman–Crippen LogP) is 1.10. The number of nitriles is 1. The van der Waals surface area contributed by atoms with Gasteiger partial charge >= 0.3 is 5.97 Å². The molecule has 0 radical (unpaired) electrons.